The number of hydrogen-bond donors (Lipinski definition) is 1. The van der Waals surface area contributed by atoms with E-state index < -0.39 is 0 Å². The predicted octanol–water partition coefficient (Wildman–Crippen LogP) is 5.49. The van der Waals surface area contributed by atoms with Gasteiger partial charge in [0.1, 0.15) is 0 Å². The molecule has 0 aliphatic carbocycles. The van der Waals surface area contributed by atoms with E-state index in [4.69, 9.17) is 9.47 Å². The second-order valence-electron chi connectivity index (χ2n) is 6.52. The van der Waals surface area contributed by atoms with Crippen LogP contribution in [0.25, 0.3) is 17.3 Å². The number of hydrogen-bond acceptors (Lipinski definition) is 5. The Morgan fingerprint density at radius 3 is 2.76 bits per heavy atom. The Labute approximate surface area is 175 Å². The van der Waals surface area contributed by atoms with Gasteiger partial charge in [-0.15, -0.1) is 11.3 Å². The lowest BCUT2D eigenvalue weighted by Gasteiger charge is -2.09. The molecule has 0 aliphatic rings. The first-order valence-electron chi connectivity index (χ1n) is 9.33. The van der Waals surface area contributed by atoms with Gasteiger partial charge in [-0.2, -0.15) is 0 Å². The number of aromatic nitrogens is 1. The average molecular weight is 409 g/mol. The van der Waals surface area contributed by atoms with E-state index in [1.807, 2.05) is 30.5 Å². The van der Waals surface area contributed by atoms with E-state index in [2.05, 4.69) is 42.3 Å². The van der Waals surface area contributed by atoms with Crippen LogP contribution in [-0.4, -0.2) is 24.6 Å². The number of nitrogens with zero attached hydrogens (tertiary/aromatic N) is 1. The highest BCUT2D eigenvalue weighted by atomic mass is 32.1. The van der Waals surface area contributed by atoms with Gasteiger partial charge in [-0.3, -0.25) is 10.1 Å². The molecule has 0 radical (unpaired) electrons. The van der Waals surface area contributed by atoms with Crippen molar-refractivity contribution < 1.29 is 14.3 Å². The van der Waals surface area contributed by atoms with E-state index in [1.165, 1.54) is 23.0 Å². The molecular weight excluding hydrogens is 384 g/mol. The summed E-state index contributed by atoms with van der Waals surface area (Å²) in [6.45, 7) is 6.59. The number of rotatable bonds is 7. The minimum absolute atomic E-state index is 0.236. The van der Waals surface area contributed by atoms with Crippen LogP contribution in [0.1, 0.15) is 23.6 Å². The Bertz CT molecular complexity index is 1040. The molecule has 6 heteroatoms. The predicted molar refractivity (Wildman–Crippen MR) is 119 cm³/mol. The van der Waals surface area contributed by atoms with Gasteiger partial charge in [0.2, 0.25) is 5.91 Å². The fourth-order valence-corrected chi connectivity index (χ4v) is 3.56. The zero-order valence-electron chi connectivity index (χ0n) is 17.0. The summed E-state index contributed by atoms with van der Waals surface area (Å²) in [5.41, 5.74) is 5.13. The molecule has 3 rings (SSSR count). The van der Waals surface area contributed by atoms with Crippen molar-refractivity contribution in [2.75, 3.05) is 19.0 Å². The first-order chi connectivity index (χ1) is 14.0. The largest absolute Gasteiger partial charge is 0.493 e. The number of carbonyl (C=O) groups is 1. The molecule has 29 heavy (non-hydrogen) atoms. The molecule has 1 aromatic heterocycles. The van der Waals surface area contributed by atoms with Crippen LogP contribution >= 0.6 is 11.3 Å². The molecule has 0 bridgehead atoms. The lowest BCUT2D eigenvalue weighted by atomic mass is 10.0. The number of aryl methyl sites for hydroxylation is 2. The minimum atomic E-state index is -0.236. The fourth-order valence-electron chi connectivity index (χ4n) is 2.85. The second kappa shape index (κ2) is 9.39. The van der Waals surface area contributed by atoms with Crippen molar-refractivity contribution in [3.63, 3.8) is 0 Å². The van der Waals surface area contributed by atoms with E-state index in [9.17, 15) is 4.79 Å². The number of benzene rings is 2. The summed E-state index contributed by atoms with van der Waals surface area (Å²) in [4.78, 5) is 16.8. The third-order valence-electron chi connectivity index (χ3n) is 4.32. The zero-order valence-corrected chi connectivity index (χ0v) is 17.8. The fraction of sp³-hybridized carbons (Fsp3) is 0.217. The summed E-state index contributed by atoms with van der Waals surface area (Å²) in [5, 5.41) is 5.35. The summed E-state index contributed by atoms with van der Waals surface area (Å²) in [6.07, 6.45) is 3.21. The monoisotopic (exact) mass is 408 g/mol. The number of amides is 1. The lowest BCUT2D eigenvalue weighted by Crippen LogP contribution is -2.07. The maximum atomic E-state index is 12.3. The van der Waals surface area contributed by atoms with Gasteiger partial charge in [-0.1, -0.05) is 23.8 Å². The molecule has 5 nitrogen and oxygen atoms in total. The van der Waals surface area contributed by atoms with E-state index in [1.54, 1.807) is 13.2 Å². The molecule has 0 atom stereocenters. The van der Waals surface area contributed by atoms with Gasteiger partial charge in [0, 0.05) is 17.0 Å². The number of thiazole rings is 1. The molecule has 3 aromatic rings. The van der Waals surface area contributed by atoms with Crippen molar-refractivity contribution in [3.05, 3.63) is 64.5 Å². The van der Waals surface area contributed by atoms with Crippen molar-refractivity contribution in [2.45, 2.75) is 20.8 Å². The SMILES string of the molecule is CCOc1ccc(C=CC(=O)Nc2nc(-c3cc(C)ccc3C)cs2)cc1OC. The first-order valence-corrected chi connectivity index (χ1v) is 10.2. The van der Waals surface area contributed by atoms with Crippen LogP contribution in [0.2, 0.25) is 0 Å². The number of methoxy groups -OCH3 is 1. The first kappa shape index (κ1) is 20.6. The molecule has 2 aromatic carbocycles. The van der Waals surface area contributed by atoms with Crippen LogP contribution in [0.3, 0.4) is 0 Å². The van der Waals surface area contributed by atoms with Crippen molar-refractivity contribution in [1.29, 1.82) is 0 Å². The van der Waals surface area contributed by atoms with Crippen molar-refractivity contribution in [1.82, 2.24) is 4.98 Å². The summed E-state index contributed by atoms with van der Waals surface area (Å²) in [6, 6.07) is 11.8. The van der Waals surface area contributed by atoms with E-state index in [0.29, 0.717) is 23.2 Å². The van der Waals surface area contributed by atoms with E-state index >= 15 is 0 Å². The highest BCUT2D eigenvalue weighted by molar-refractivity contribution is 7.14. The molecule has 1 amide bonds. The third kappa shape index (κ3) is 5.23. The second-order valence-corrected chi connectivity index (χ2v) is 7.38. The maximum absolute atomic E-state index is 12.3. The molecule has 0 saturated heterocycles. The highest BCUT2D eigenvalue weighted by Gasteiger charge is 2.09. The molecule has 0 unspecified atom stereocenters. The number of carbonyl (C=O) groups excluding carboxylic acids is 1. The third-order valence-corrected chi connectivity index (χ3v) is 5.08. The average Bonchev–Trinajstić information content (AvgIpc) is 3.17. The Balaban J connectivity index is 1.68. The summed E-state index contributed by atoms with van der Waals surface area (Å²) >= 11 is 1.41. The molecule has 1 heterocycles. The van der Waals surface area contributed by atoms with Crippen LogP contribution in [-0.2, 0) is 4.79 Å². The normalized spacial score (nSPS) is 10.9. The van der Waals surface area contributed by atoms with E-state index in [-0.39, 0.29) is 5.91 Å². The molecule has 0 spiro atoms. The van der Waals surface area contributed by atoms with Gasteiger partial charge in [-0.25, -0.2) is 4.98 Å². The summed E-state index contributed by atoms with van der Waals surface area (Å²) < 4.78 is 10.8. The minimum Gasteiger partial charge on any atom is -0.493 e. The molecular formula is C23H24N2O3S. The van der Waals surface area contributed by atoms with Gasteiger partial charge in [0.15, 0.2) is 16.6 Å². The van der Waals surface area contributed by atoms with Gasteiger partial charge >= 0.3 is 0 Å². The lowest BCUT2D eigenvalue weighted by molar-refractivity contribution is -0.111. The van der Waals surface area contributed by atoms with Gasteiger partial charge < -0.3 is 9.47 Å². The Hall–Kier alpha value is -3.12. The highest BCUT2D eigenvalue weighted by Crippen LogP contribution is 2.29. The summed E-state index contributed by atoms with van der Waals surface area (Å²) in [7, 11) is 1.59. The molecule has 150 valence electrons. The maximum Gasteiger partial charge on any atom is 0.250 e. The van der Waals surface area contributed by atoms with Gasteiger partial charge in [0.05, 0.1) is 19.4 Å². The smallest absolute Gasteiger partial charge is 0.250 e. The number of anilines is 1. The summed E-state index contributed by atoms with van der Waals surface area (Å²) in [5.74, 6) is 1.07. The molecule has 0 aliphatic heterocycles. The standard InChI is InChI=1S/C23H24N2O3S/c1-5-28-20-10-8-17(13-21(20)27-4)9-11-22(26)25-23-24-19(14-29-23)18-12-15(2)6-7-16(18)3/h6-14H,5H2,1-4H3,(H,24,25,26). The Kier molecular flexibility index (Phi) is 6.67. The van der Waals surface area contributed by atoms with Gasteiger partial charge in [0.25, 0.3) is 0 Å². The topological polar surface area (TPSA) is 60.5 Å². The Morgan fingerprint density at radius 2 is 2.00 bits per heavy atom. The van der Waals surface area contributed by atoms with Crippen LogP contribution in [0.4, 0.5) is 5.13 Å². The van der Waals surface area contributed by atoms with Crippen LogP contribution in [0.5, 0.6) is 11.5 Å². The van der Waals surface area contributed by atoms with Crippen molar-refractivity contribution >= 4 is 28.5 Å². The van der Waals surface area contributed by atoms with Crippen molar-refractivity contribution in [3.8, 4) is 22.8 Å². The van der Waals surface area contributed by atoms with E-state index in [0.717, 1.165) is 22.4 Å². The molecule has 0 saturated carbocycles. The number of nitrogens with one attached hydrogen (secondary N) is 1. The van der Waals surface area contributed by atoms with Crippen molar-refractivity contribution in [2.24, 2.45) is 0 Å². The molecule has 1 N–H and O–H groups in total. The Morgan fingerprint density at radius 1 is 1.17 bits per heavy atom. The molecule has 0 fully saturated rings. The quantitative estimate of drug-likeness (QED) is 0.526. The van der Waals surface area contributed by atoms with Crippen LogP contribution in [0, 0.1) is 13.8 Å². The number of ether oxygens (including phenoxy) is 2. The van der Waals surface area contributed by atoms with Crippen LogP contribution < -0.4 is 14.8 Å². The van der Waals surface area contributed by atoms with Gasteiger partial charge in [-0.05, 0) is 56.2 Å². The van der Waals surface area contributed by atoms with Crippen LogP contribution in [0.15, 0.2) is 47.9 Å². The zero-order chi connectivity index (χ0) is 20.8.